The largest absolute Gasteiger partial charge is 0.493 e. The number of hydrogen-bond acceptors (Lipinski definition) is 4. The van der Waals surface area contributed by atoms with E-state index in [0.29, 0.717) is 6.61 Å². The lowest BCUT2D eigenvalue weighted by atomic mass is 10.2. The number of anilines is 1. The van der Waals surface area contributed by atoms with Crippen LogP contribution in [0.2, 0.25) is 0 Å². The van der Waals surface area contributed by atoms with Gasteiger partial charge in [0.05, 0.1) is 19.2 Å². The highest BCUT2D eigenvalue weighted by molar-refractivity contribution is 9.10. The van der Waals surface area contributed by atoms with Crippen molar-refractivity contribution in [2.75, 3.05) is 25.6 Å². The molecule has 0 heterocycles. The van der Waals surface area contributed by atoms with Crippen molar-refractivity contribution in [3.8, 4) is 5.75 Å². The summed E-state index contributed by atoms with van der Waals surface area (Å²) in [6.07, 6.45) is 1.86. The van der Waals surface area contributed by atoms with Crippen LogP contribution in [0.4, 0.5) is 5.69 Å². The van der Waals surface area contributed by atoms with Gasteiger partial charge in [-0.3, -0.25) is 4.79 Å². The normalized spacial score (nSPS) is 10.6. The van der Waals surface area contributed by atoms with E-state index in [0.717, 1.165) is 21.5 Å². The number of hydrogen-bond donors (Lipinski definition) is 1. The predicted molar refractivity (Wildman–Crippen MR) is 101 cm³/mol. The van der Waals surface area contributed by atoms with Crippen molar-refractivity contribution >= 4 is 33.7 Å². The Bertz CT molecular complexity index is 700. The molecule has 0 aromatic heterocycles. The van der Waals surface area contributed by atoms with Crippen molar-refractivity contribution < 1.29 is 9.53 Å². The third-order valence-corrected chi connectivity index (χ3v) is 3.70. The molecule has 0 unspecified atom stereocenters. The molecule has 1 N–H and O–H groups in total. The second-order valence-corrected chi connectivity index (χ2v) is 6.25. The maximum absolute atomic E-state index is 11.7. The minimum Gasteiger partial charge on any atom is -0.493 e. The van der Waals surface area contributed by atoms with E-state index in [4.69, 9.17) is 4.74 Å². The fraction of sp³-hybridized carbons (Fsp3) is 0.222. The van der Waals surface area contributed by atoms with E-state index in [-0.39, 0.29) is 12.3 Å². The van der Waals surface area contributed by atoms with Crippen molar-refractivity contribution in [3.05, 3.63) is 58.6 Å². The van der Waals surface area contributed by atoms with Crippen LogP contribution in [-0.4, -0.2) is 32.8 Å². The van der Waals surface area contributed by atoms with Gasteiger partial charge < -0.3 is 9.64 Å². The van der Waals surface area contributed by atoms with E-state index < -0.39 is 0 Å². The van der Waals surface area contributed by atoms with E-state index in [2.05, 4.69) is 26.5 Å². The average molecular weight is 390 g/mol. The van der Waals surface area contributed by atoms with Crippen LogP contribution >= 0.6 is 15.9 Å². The summed E-state index contributed by atoms with van der Waals surface area (Å²) >= 11 is 3.37. The lowest BCUT2D eigenvalue weighted by Crippen LogP contribution is -2.20. The first-order chi connectivity index (χ1) is 11.5. The number of hydrazone groups is 1. The average Bonchev–Trinajstić information content (AvgIpc) is 2.55. The Morgan fingerprint density at radius 2 is 2.00 bits per heavy atom. The van der Waals surface area contributed by atoms with Crippen LogP contribution in [0.5, 0.6) is 5.75 Å². The third-order valence-electron chi connectivity index (χ3n) is 3.21. The fourth-order valence-corrected chi connectivity index (χ4v) is 2.29. The standard InChI is InChI=1S/C18H20BrN3O2/c1-22(2)16-8-6-14(7-9-16)13-20-21-18(23)10-11-24-17-5-3-4-15(19)12-17/h3-9,12-13H,10-11H2,1-2H3,(H,21,23)/b20-13+. The van der Waals surface area contributed by atoms with Gasteiger partial charge in [-0.25, -0.2) is 5.43 Å². The Labute approximate surface area is 150 Å². The van der Waals surface area contributed by atoms with Gasteiger partial charge >= 0.3 is 0 Å². The molecule has 2 rings (SSSR count). The van der Waals surface area contributed by atoms with Crippen LogP contribution in [0.15, 0.2) is 58.1 Å². The number of halogens is 1. The van der Waals surface area contributed by atoms with Crippen molar-refractivity contribution in [1.82, 2.24) is 5.43 Å². The molecule has 0 atom stereocenters. The first kappa shape index (κ1) is 18.0. The van der Waals surface area contributed by atoms with Gasteiger partial charge in [-0.15, -0.1) is 0 Å². The number of amides is 1. The maximum Gasteiger partial charge on any atom is 0.243 e. The molecule has 24 heavy (non-hydrogen) atoms. The highest BCUT2D eigenvalue weighted by Crippen LogP contribution is 2.17. The molecular weight excluding hydrogens is 370 g/mol. The summed E-state index contributed by atoms with van der Waals surface area (Å²) in [5.74, 6) is 0.535. The van der Waals surface area contributed by atoms with Gasteiger partial charge in [-0.1, -0.05) is 34.1 Å². The maximum atomic E-state index is 11.7. The van der Waals surface area contributed by atoms with Crippen LogP contribution in [0.3, 0.4) is 0 Å². The van der Waals surface area contributed by atoms with Crippen LogP contribution in [-0.2, 0) is 4.79 Å². The van der Waals surface area contributed by atoms with Gasteiger partial charge in [0.25, 0.3) is 0 Å². The minimum atomic E-state index is -0.189. The molecular formula is C18H20BrN3O2. The predicted octanol–water partition coefficient (Wildman–Crippen LogP) is 3.43. The molecule has 1 amide bonds. The Hall–Kier alpha value is -2.34. The molecule has 5 nitrogen and oxygen atoms in total. The Morgan fingerprint density at radius 1 is 1.25 bits per heavy atom. The summed E-state index contributed by atoms with van der Waals surface area (Å²) in [4.78, 5) is 13.7. The lowest BCUT2D eigenvalue weighted by Gasteiger charge is -2.11. The molecule has 126 valence electrons. The molecule has 2 aromatic carbocycles. The molecule has 0 spiro atoms. The van der Waals surface area contributed by atoms with Gasteiger partial charge in [-0.2, -0.15) is 5.10 Å². The zero-order valence-electron chi connectivity index (χ0n) is 13.7. The van der Waals surface area contributed by atoms with Gasteiger partial charge in [-0.05, 0) is 35.9 Å². The molecule has 0 bridgehead atoms. The summed E-state index contributed by atoms with van der Waals surface area (Å²) in [6.45, 7) is 0.301. The summed E-state index contributed by atoms with van der Waals surface area (Å²) in [6, 6.07) is 15.4. The lowest BCUT2D eigenvalue weighted by molar-refractivity contribution is -0.121. The van der Waals surface area contributed by atoms with Crippen LogP contribution < -0.4 is 15.1 Å². The molecule has 0 saturated carbocycles. The zero-order chi connectivity index (χ0) is 17.4. The number of nitrogens with one attached hydrogen (secondary N) is 1. The fourth-order valence-electron chi connectivity index (χ4n) is 1.91. The number of carbonyl (C=O) groups is 1. The first-order valence-electron chi connectivity index (χ1n) is 7.52. The van der Waals surface area contributed by atoms with Crippen molar-refractivity contribution in [2.45, 2.75) is 6.42 Å². The monoisotopic (exact) mass is 389 g/mol. The molecule has 0 radical (unpaired) electrons. The molecule has 6 heteroatoms. The Balaban J connectivity index is 1.72. The van der Waals surface area contributed by atoms with Crippen LogP contribution in [0.25, 0.3) is 0 Å². The highest BCUT2D eigenvalue weighted by Gasteiger charge is 2.01. The number of nitrogens with zero attached hydrogens (tertiary/aromatic N) is 2. The number of ether oxygens (including phenoxy) is 1. The van der Waals surface area contributed by atoms with Crippen molar-refractivity contribution in [1.29, 1.82) is 0 Å². The zero-order valence-corrected chi connectivity index (χ0v) is 15.3. The number of rotatable bonds is 7. The molecule has 0 aliphatic heterocycles. The molecule has 0 aliphatic rings. The minimum absolute atomic E-state index is 0.189. The van der Waals surface area contributed by atoms with Gasteiger partial charge in [0.1, 0.15) is 5.75 Å². The molecule has 0 saturated heterocycles. The van der Waals surface area contributed by atoms with Gasteiger partial charge in [0.15, 0.2) is 0 Å². The van der Waals surface area contributed by atoms with E-state index in [9.17, 15) is 4.79 Å². The topological polar surface area (TPSA) is 53.9 Å². The summed E-state index contributed by atoms with van der Waals surface area (Å²) in [5.41, 5.74) is 4.53. The van der Waals surface area contributed by atoms with Crippen LogP contribution in [0.1, 0.15) is 12.0 Å². The molecule has 2 aromatic rings. The van der Waals surface area contributed by atoms with Gasteiger partial charge in [0, 0.05) is 24.3 Å². The number of carbonyl (C=O) groups excluding carboxylic acids is 1. The van der Waals surface area contributed by atoms with Crippen molar-refractivity contribution in [3.63, 3.8) is 0 Å². The third kappa shape index (κ3) is 6.04. The van der Waals surface area contributed by atoms with E-state index in [1.54, 1.807) is 6.21 Å². The van der Waals surface area contributed by atoms with Crippen LogP contribution in [0, 0.1) is 0 Å². The Kier molecular flexibility index (Phi) is 6.81. The molecule has 0 fully saturated rings. The van der Waals surface area contributed by atoms with E-state index in [1.165, 1.54) is 0 Å². The SMILES string of the molecule is CN(C)c1ccc(/C=N/NC(=O)CCOc2cccc(Br)c2)cc1. The highest BCUT2D eigenvalue weighted by atomic mass is 79.9. The quantitative estimate of drug-likeness (QED) is 0.582. The van der Waals surface area contributed by atoms with E-state index >= 15 is 0 Å². The van der Waals surface area contributed by atoms with E-state index in [1.807, 2.05) is 67.5 Å². The first-order valence-corrected chi connectivity index (χ1v) is 8.31. The second-order valence-electron chi connectivity index (χ2n) is 5.33. The van der Waals surface area contributed by atoms with Gasteiger partial charge in [0.2, 0.25) is 5.91 Å². The van der Waals surface area contributed by atoms with Crippen molar-refractivity contribution in [2.24, 2.45) is 5.10 Å². The summed E-state index contributed by atoms with van der Waals surface area (Å²) in [7, 11) is 3.97. The second kappa shape index (κ2) is 9.08. The smallest absolute Gasteiger partial charge is 0.243 e. The Morgan fingerprint density at radius 3 is 2.67 bits per heavy atom. The summed E-state index contributed by atoms with van der Waals surface area (Å²) < 4.78 is 6.45. The summed E-state index contributed by atoms with van der Waals surface area (Å²) in [5, 5.41) is 3.95. The molecule has 0 aliphatic carbocycles. The number of benzene rings is 2.